The molecular weight excluding hydrogens is 678 g/mol. The third kappa shape index (κ3) is 12.0. The van der Waals surface area contributed by atoms with E-state index in [0.29, 0.717) is 11.1 Å². The summed E-state index contributed by atoms with van der Waals surface area (Å²) in [6.45, 7) is 10.4. The lowest BCUT2D eigenvalue weighted by atomic mass is 9.85. The molecule has 6 N–H and O–H groups in total. The summed E-state index contributed by atoms with van der Waals surface area (Å²) in [6, 6.07) is 23.2. The number of rotatable bonds is 16. The Bertz CT molecular complexity index is 1740. The second-order valence-electron chi connectivity index (χ2n) is 15.3. The summed E-state index contributed by atoms with van der Waals surface area (Å²) >= 11 is 0. The minimum absolute atomic E-state index is 0.0292. The van der Waals surface area contributed by atoms with Crippen molar-refractivity contribution >= 4 is 29.2 Å². The summed E-state index contributed by atoms with van der Waals surface area (Å²) in [7, 11) is 0. The first-order chi connectivity index (χ1) is 25.0. The summed E-state index contributed by atoms with van der Waals surface area (Å²) in [5, 5.41) is 41.7. The van der Waals surface area contributed by atoms with Crippen molar-refractivity contribution in [2.24, 2.45) is 5.41 Å². The number of nitrogens with one attached hydrogen (secondary N) is 3. The highest BCUT2D eigenvalue weighted by Crippen LogP contribution is 2.24. The molecule has 0 aliphatic rings. The molecule has 0 radical (unpaired) electrons. The first-order valence-corrected chi connectivity index (χ1v) is 17.8. The smallest absolute Gasteiger partial charge is 0.408 e. The molecule has 0 saturated carbocycles. The van der Waals surface area contributed by atoms with Gasteiger partial charge < -0.3 is 40.4 Å². The van der Waals surface area contributed by atoms with E-state index in [1.807, 2.05) is 72.8 Å². The van der Waals surface area contributed by atoms with Crippen molar-refractivity contribution in [3.8, 4) is 0 Å². The van der Waals surface area contributed by atoms with Crippen molar-refractivity contribution in [2.45, 2.75) is 96.9 Å². The predicted octanol–water partition coefficient (Wildman–Crippen LogP) is 4.90. The van der Waals surface area contributed by atoms with Gasteiger partial charge in [-0.2, -0.15) is 0 Å². The van der Waals surface area contributed by atoms with Crippen molar-refractivity contribution in [2.75, 3.05) is 13.1 Å². The summed E-state index contributed by atoms with van der Waals surface area (Å²) in [6.07, 6.45) is -3.71. The lowest BCUT2D eigenvalue weighted by Crippen LogP contribution is -2.59. The number of aliphatic hydroxyl groups is 2. The topological polar surface area (TPSA) is 186 Å². The van der Waals surface area contributed by atoms with Gasteiger partial charge in [-0.1, -0.05) is 93.6 Å². The van der Waals surface area contributed by atoms with Gasteiger partial charge in [0.25, 0.3) is 0 Å². The Morgan fingerprint density at radius 3 is 1.92 bits per heavy atom. The van der Waals surface area contributed by atoms with Gasteiger partial charge in [0.15, 0.2) is 12.2 Å². The van der Waals surface area contributed by atoms with Gasteiger partial charge in [-0.05, 0) is 62.3 Å². The van der Waals surface area contributed by atoms with Gasteiger partial charge in [-0.15, -0.1) is 0 Å². The van der Waals surface area contributed by atoms with Gasteiger partial charge in [0.1, 0.15) is 11.6 Å². The van der Waals surface area contributed by atoms with Crippen molar-refractivity contribution in [1.29, 1.82) is 0 Å². The van der Waals surface area contributed by atoms with Crippen LogP contribution in [0.15, 0.2) is 89.3 Å². The van der Waals surface area contributed by atoms with Gasteiger partial charge in [-0.3, -0.25) is 9.69 Å². The van der Waals surface area contributed by atoms with Crippen LogP contribution in [0.5, 0.6) is 0 Å². The lowest BCUT2D eigenvalue weighted by molar-refractivity contribution is -0.127. The fourth-order valence-corrected chi connectivity index (χ4v) is 6.20. The van der Waals surface area contributed by atoms with Crippen molar-refractivity contribution < 1.29 is 38.9 Å². The van der Waals surface area contributed by atoms with E-state index in [2.05, 4.69) is 20.9 Å². The van der Waals surface area contributed by atoms with Crippen molar-refractivity contribution in [3.05, 3.63) is 102 Å². The molecule has 0 unspecified atom stereocenters. The number of carbonyl (C=O) groups is 3. The molecule has 0 bridgehead atoms. The van der Waals surface area contributed by atoms with Gasteiger partial charge in [0.2, 0.25) is 11.8 Å². The maximum Gasteiger partial charge on any atom is 0.408 e. The van der Waals surface area contributed by atoms with E-state index >= 15 is 0 Å². The largest absolute Gasteiger partial charge is 0.465 e. The third-order valence-electron chi connectivity index (χ3n) is 8.85. The first kappa shape index (κ1) is 40.8. The molecule has 0 saturated heterocycles. The van der Waals surface area contributed by atoms with Crippen LogP contribution in [0.2, 0.25) is 0 Å². The van der Waals surface area contributed by atoms with Crippen LogP contribution < -0.4 is 16.0 Å². The SMILES string of the molecule is CC(C)(C)[C@H](NC(=O)OCc1nc2ccccc2o1)C(=O)N[C@@H](Cc1ccccc1)[C@H](O)CNC[C@@H](O)[C@H](Cc1ccccc1)N(C(=O)O)C(C)(C)C. The quantitative estimate of drug-likeness (QED) is 0.0926. The number of nitrogens with zero attached hydrogens (tertiary/aromatic N) is 2. The number of hydrogen-bond donors (Lipinski definition) is 6. The van der Waals surface area contributed by atoms with Crippen LogP contribution in [0.3, 0.4) is 0 Å². The normalized spacial score (nSPS) is 14.8. The van der Waals surface area contributed by atoms with Crippen LogP contribution in [-0.4, -0.2) is 92.3 Å². The molecule has 13 heteroatoms. The average molecular weight is 732 g/mol. The van der Waals surface area contributed by atoms with E-state index in [0.717, 1.165) is 11.1 Å². The fourth-order valence-electron chi connectivity index (χ4n) is 6.20. The molecule has 0 spiro atoms. The van der Waals surface area contributed by atoms with E-state index in [1.165, 1.54) is 4.90 Å². The standard InChI is InChI=1S/C40H53N5O8/c1-39(2,3)35(44-37(49)52-25-34-42-28-19-13-14-20-33(28)53-34)36(48)43-29(21-26-15-9-7-10-16-26)31(46)23-41-24-32(47)30(22-27-17-11-8-12-18-27)45(38(50)51)40(4,5)6/h7-20,29-32,35,41,46-47H,21-25H2,1-6H3,(H,43,48)(H,44,49)(H,50,51)/t29-,30-,31+,32+,35+/m0/s1. The van der Waals surface area contributed by atoms with Crippen molar-refractivity contribution in [1.82, 2.24) is 25.8 Å². The molecule has 0 aliphatic heterocycles. The number of ether oxygens (including phenoxy) is 1. The van der Waals surface area contributed by atoms with Crippen LogP contribution in [0.1, 0.15) is 58.6 Å². The van der Waals surface area contributed by atoms with Gasteiger partial charge >= 0.3 is 12.2 Å². The third-order valence-corrected chi connectivity index (χ3v) is 8.85. The number of aromatic nitrogens is 1. The number of hydrogen-bond acceptors (Lipinski definition) is 9. The Kier molecular flexibility index (Phi) is 14.0. The van der Waals surface area contributed by atoms with Crippen LogP contribution in [0.25, 0.3) is 11.1 Å². The van der Waals surface area contributed by atoms with Crippen LogP contribution in [0.4, 0.5) is 9.59 Å². The van der Waals surface area contributed by atoms with E-state index in [-0.39, 0.29) is 38.4 Å². The zero-order valence-electron chi connectivity index (χ0n) is 31.3. The number of carbonyl (C=O) groups excluding carboxylic acids is 2. The Morgan fingerprint density at radius 1 is 0.792 bits per heavy atom. The number of para-hydroxylation sites is 2. The minimum Gasteiger partial charge on any atom is -0.465 e. The highest BCUT2D eigenvalue weighted by atomic mass is 16.6. The number of carboxylic acid groups (broad SMARTS) is 1. The Hall–Kier alpha value is -4.98. The number of oxazole rings is 1. The maximum atomic E-state index is 13.9. The number of benzene rings is 3. The minimum atomic E-state index is -1.15. The van der Waals surface area contributed by atoms with E-state index in [9.17, 15) is 29.7 Å². The van der Waals surface area contributed by atoms with Crippen LogP contribution >= 0.6 is 0 Å². The monoisotopic (exact) mass is 731 g/mol. The van der Waals surface area contributed by atoms with E-state index < -0.39 is 59.4 Å². The lowest BCUT2D eigenvalue weighted by Gasteiger charge is -2.42. The number of amides is 3. The predicted molar refractivity (Wildman–Crippen MR) is 201 cm³/mol. The molecule has 1 aromatic heterocycles. The molecular formula is C40H53N5O8. The van der Waals surface area contributed by atoms with Gasteiger partial charge in [0, 0.05) is 18.6 Å². The molecule has 4 aromatic rings. The molecule has 0 aliphatic carbocycles. The van der Waals surface area contributed by atoms with Crippen LogP contribution in [-0.2, 0) is 29.0 Å². The fraction of sp³-hybridized carbons (Fsp3) is 0.450. The van der Waals surface area contributed by atoms with Crippen LogP contribution in [0, 0.1) is 5.41 Å². The zero-order chi connectivity index (χ0) is 38.8. The highest BCUT2D eigenvalue weighted by molar-refractivity contribution is 5.86. The summed E-state index contributed by atoms with van der Waals surface area (Å²) < 4.78 is 11.0. The maximum absolute atomic E-state index is 13.9. The average Bonchev–Trinajstić information content (AvgIpc) is 3.52. The summed E-state index contributed by atoms with van der Waals surface area (Å²) in [4.78, 5) is 44.8. The van der Waals surface area contributed by atoms with Gasteiger partial charge in [-0.25, -0.2) is 14.6 Å². The van der Waals surface area contributed by atoms with Crippen molar-refractivity contribution in [3.63, 3.8) is 0 Å². The Labute approximate surface area is 310 Å². The summed E-state index contributed by atoms with van der Waals surface area (Å²) in [5.74, 6) is -0.316. The van der Waals surface area contributed by atoms with E-state index in [1.54, 1.807) is 53.7 Å². The number of aliphatic hydroxyl groups excluding tert-OH is 2. The Morgan fingerprint density at radius 2 is 1.36 bits per heavy atom. The number of alkyl carbamates (subject to hydrolysis) is 1. The summed E-state index contributed by atoms with van der Waals surface area (Å²) in [5.41, 5.74) is 1.37. The van der Waals surface area contributed by atoms with E-state index in [4.69, 9.17) is 9.15 Å². The number of fused-ring (bicyclic) bond motifs is 1. The molecule has 1 heterocycles. The molecule has 286 valence electrons. The zero-order valence-corrected chi connectivity index (χ0v) is 31.3. The first-order valence-electron chi connectivity index (χ1n) is 17.8. The van der Waals surface area contributed by atoms with Gasteiger partial charge in [0.05, 0.1) is 24.3 Å². The second-order valence-corrected chi connectivity index (χ2v) is 15.3. The Balaban J connectivity index is 1.43. The molecule has 4 rings (SSSR count). The molecule has 53 heavy (non-hydrogen) atoms. The molecule has 3 amide bonds. The molecule has 3 aromatic carbocycles. The molecule has 0 fully saturated rings. The molecule has 13 nitrogen and oxygen atoms in total. The highest BCUT2D eigenvalue weighted by Gasteiger charge is 2.38. The molecule has 5 atom stereocenters. The second kappa shape index (κ2) is 18.2.